The van der Waals surface area contributed by atoms with E-state index >= 15 is 0 Å². The van der Waals surface area contributed by atoms with E-state index in [1.165, 1.54) is 0 Å². The van der Waals surface area contributed by atoms with E-state index in [1.54, 1.807) is 13.3 Å². The summed E-state index contributed by atoms with van der Waals surface area (Å²) in [5, 5.41) is 3.87. The molecule has 0 aliphatic rings. The third-order valence-corrected chi connectivity index (χ3v) is 3.75. The molecule has 0 aliphatic heterocycles. The van der Waals surface area contributed by atoms with Crippen LogP contribution in [-0.4, -0.2) is 17.3 Å². The van der Waals surface area contributed by atoms with Crippen LogP contribution in [0.1, 0.15) is 0 Å². The van der Waals surface area contributed by atoms with E-state index in [-0.39, 0.29) is 0 Å². The van der Waals surface area contributed by atoms with Crippen LogP contribution in [0.3, 0.4) is 0 Å². The molecule has 0 aliphatic carbocycles. The maximum absolute atomic E-state index is 5.94. The molecule has 0 atom stereocenters. The molecule has 0 saturated heterocycles. The van der Waals surface area contributed by atoms with Crippen molar-refractivity contribution < 1.29 is 9.26 Å². The maximum atomic E-state index is 5.94. The molecule has 5 nitrogen and oxygen atoms in total. The molecule has 106 valence electrons. The first-order chi connectivity index (χ1) is 10.2. The Morgan fingerprint density at radius 1 is 1.24 bits per heavy atom. The molecule has 0 radical (unpaired) electrons. The molecular formula is C15H12BrN3O2. The number of methoxy groups -OCH3 is 1. The zero-order chi connectivity index (χ0) is 14.8. The van der Waals surface area contributed by atoms with Gasteiger partial charge in [-0.2, -0.15) is 0 Å². The van der Waals surface area contributed by atoms with Crippen molar-refractivity contribution in [3.63, 3.8) is 0 Å². The molecule has 6 heteroatoms. The highest BCUT2D eigenvalue weighted by molar-refractivity contribution is 9.10. The van der Waals surface area contributed by atoms with E-state index in [1.807, 2.05) is 36.4 Å². The number of benzene rings is 1. The average Bonchev–Trinajstić information content (AvgIpc) is 2.90. The second-order valence-electron chi connectivity index (χ2n) is 4.33. The summed E-state index contributed by atoms with van der Waals surface area (Å²) in [6.07, 6.45) is 1.70. The predicted octanol–water partition coefficient (Wildman–Crippen LogP) is 3.76. The number of ether oxygens (including phenoxy) is 1. The highest BCUT2D eigenvalue weighted by Crippen LogP contribution is 2.40. The van der Waals surface area contributed by atoms with Gasteiger partial charge in [0.25, 0.3) is 0 Å². The number of hydrogen-bond acceptors (Lipinski definition) is 5. The summed E-state index contributed by atoms with van der Waals surface area (Å²) in [6, 6.07) is 11.2. The number of aromatic nitrogens is 2. The Hall–Kier alpha value is -2.34. The highest BCUT2D eigenvalue weighted by atomic mass is 79.9. The third-order valence-electron chi connectivity index (χ3n) is 3.06. The molecule has 0 saturated carbocycles. The standard InChI is InChI=1S/C15H12BrN3O2/c1-20-9-5-6-11(16)10(8-9)14-13(15(17)19-21-14)12-4-2-3-7-18-12/h2-8H,1H3,(H2,17,19). The van der Waals surface area contributed by atoms with E-state index in [4.69, 9.17) is 15.0 Å². The summed E-state index contributed by atoms with van der Waals surface area (Å²) in [5.74, 6) is 1.57. The van der Waals surface area contributed by atoms with Crippen LogP contribution in [0.4, 0.5) is 5.82 Å². The summed E-state index contributed by atoms with van der Waals surface area (Å²) >= 11 is 3.51. The molecule has 0 bridgehead atoms. The minimum Gasteiger partial charge on any atom is -0.497 e. The van der Waals surface area contributed by atoms with E-state index in [0.29, 0.717) is 22.8 Å². The normalized spacial score (nSPS) is 10.6. The number of nitrogens with zero attached hydrogens (tertiary/aromatic N) is 2. The molecule has 0 spiro atoms. The summed E-state index contributed by atoms with van der Waals surface area (Å²) in [5.41, 5.74) is 8.12. The second-order valence-corrected chi connectivity index (χ2v) is 5.19. The Labute approximate surface area is 129 Å². The number of pyridine rings is 1. The van der Waals surface area contributed by atoms with Crippen molar-refractivity contribution in [1.82, 2.24) is 10.1 Å². The van der Waals surface area contributed by atoms with Gasteiger partial charge in [0.1, 0.15) is 5.75 Å². The summed E-state index contributed by atoms with van der Waals surface area (Å²) < 4.78 is 11.5. The van der Waals surface area contributed by atoms with Crippen LogP contribution >= 0.6 is 15.9 Å². The summed E-state index contributed by atoms with van der Waals surface area (Å²) in [7, 11) is 1.61. The molecule has 21 heavy (non-hydrogen) atoms. The van der Waals surface area contributed by atoms with Crippen LogP contribution in [0.5, 0.6) is 5.75 Å². The number of anilines is 1. The highest BCUT2D eigenvalue weighted by Gasteiger charge is 2.20. The molecule has 0 unspecified atom stereocenters. The van der Waals surface area contributed by atoms with Gasteiger partial charge in [-0.25, -0.2) is 0 Å². The van der Waals surface area contributed by atoms with Crippen LogP contribution in [0, 0.1) is 0 Å². The first-order valence-corrected chi connectivity index (χ1v) is 7.00. The third kappa shape index (κ3) is 2.50. The Morgan fingerprint density at radius 2 is 2.10 bits per heavy atom. The lowest BCUT2D eigenvalue weighted by Gasteiger charge is -2.06. The molecule has 2 heterocycles. The monoisotopic (exact) mass is 345 g/mol. The first kappa shape index (κ1) is 13.6. The van der Waals surface area contributed by atoms with E-state index < -0.39 is 0 Å². The number of nitrogens with two attached hydrogens (primary N) is 1. The topological polar surface area (TPSA) is 74.2 Å². The fourth-order valence-electron chi connectivity index (χ4n) is 2.05. The van der Waals surface area contributed by atoms with Gasteiger partial charge in [0, 0.05) is 16.2 Å². The van der Waals surface area contributed by atoms with Crippen molar-refractivity contribution in [2.45, 2.75) is 0 Å². The van der Waals surface area contributed by atoms with Gasteiger partial charge in [0.2, 0.25) is 0 Å². The lowest BCUT2D eigenvalue weighted by molar-refractivity contribution is 0.413. The molecule has 2 N–H and O–H groups in total. The number of hydrogen-bond donors (Lipinski definition) is 1. The van der Waals surface area contributed by atoms with Crippen LogP contribution in [0.2, 0.25) is 0 Å². The average molecular weight is 346 g/mol. The lowest BCUT2D eigenvalue weighted by Crippen LogP contribution is -1.91. The molecule has 0 amide bonds. The zero-order valence-electron chi connectivity index (χ0n) is 11.2. The molecule has 3 aromatic rings. The molecule has 0 fully saturated rings. The van der Waals surface area contributed by atoms with Gasteiger partial charge in [-0.15, -0.1) is 0 Å². The zero-order valence-corrected chi connectivity index (χ0v) is 12.8. The van der Waals surface area contributed by atoms with Gasteiger partial charge >= 0.3 is 0 Å². The molecule has 1 aromatic carbocycles. The maximum Gasteiger partial charge on any atom is 0.179 e. The largest absolute Gasteiger partial charge is 0.497 e. The Balaban J connectivity index is 2.21. The quantitative estimate of drug-likeness (QED) is 0.782. The Bertz CT molecular complexity index is 772. The van der Waals surface area contributed by atoms with Crippen molar-refractivity contribution in [2.24, 2.45) is 0 Å². The summed E-state index contributed by atoms with van der Waals surface area (Å²) in [6.45, 7) is 0. The van der Waals surface area contributed by atoms with E-state index in [2.05, 4.69) is 26.1 Å². The van der Waals surface area contributed by atoms with Crippen molar-refractivity contribution in [1.29, 1.82) is 0 Å². The van der Waals surface area contributed by atoms with Gasteiger partial charge < -0.3 is 15.0 Å². The van der Waals surface area contributed by atoms with E-state index in [9.17, 15) is 0 Å². The predicted molar refractivity (Wildman–Crippen MR) is 83.8 cm³/mol. The SMILES string of the molecule is COc1ccc(Br)c(-c2onc(N)c2-c2ccccn2)c1. The van der Waals surface area contributed by atoms with Crippen molar-refractivity contribution in [2.75, 3.05) is 12.8 Å². The number of halogens is 1. The van der Waals surface area contributed by atoms with Crippen LogP contribution in [-0.2, 0) is 0 Å². The van der Waals surface area contributed by atoms with Gasteiger partial charge in [-0.05, 0) is 30.3 Å². The van der Waals surface area contributed by atoms with Crippen molar-refractivity contribution in [3.8, 4) is 28.3 Å². The number of nitrogen functional groups attached to an aromatic ring is 1. The Kier molecular flexibility index (Phi) is 3.62. The van der Waals surface area contributed by atoms with Gasteiger partial charge in [0.05, 0.1) is 18.4 Å². The van der Waals surface area contributed by atoms with Crippen molar-refractivity contribution in [3.05, 3.63) is 47.1 Å². The molecule has 2 aromatic heterocycles. The number of rotatable bonds is 3. The van der Waals surface area contributed by atoms with Gasteiger partial charge in [-0.3, -0.25) is 4.98 Å². The first-order valence-electron chi connectivity index (χ1n) is 6.21. The minimum absolute atomic E-state index is 0.304. The Morgan fingerprint density at radius 3 is 2.81 bits per heavy atom. The fraction of sp³-hybridized carbons (Fsp3) is 0.0667. The molecule has 3 rings (SSSR count). The molecular weight excluding hydrogens is 334 g/mol. The smallest absolute Gasteiger partial charge is 0.179 e. The van der Waals surface area contributed by atoms with Crippen LogP contribution < -0.4 is 10.5 Å². The van der Waals surface area contributed by atoms with Crippen LogP contribution in [0.15, 0.2) is 51.6 Å². The minimum atomic E-state index is 0.304. The van der Waals surface area contributed by atoms with Gasteiger partial charge in [0.15, 0.2) is 11.6 Å². The van der Waals surface area contributed by atoms with Crippen molar-refractivity contribution >= 4 is 21.7 Å². The van der Waals surface area contributed by atoms with Crippen LogP contribution in [0.25, 0.3) is 22.6 Å². The second kappa shape index (κ2) is 5.57. The fourth-order valence-corrected chi connectivity index (χ4v) is 2.48. The van der Waals surface area contributed by atoms with E-state index in [0.717, 1.165) is 15.8 Å². The lowest BCUT2D eigenvalue weighted by atomic mass is 10.1. The van der Waals surface area contributed by atoms with Gasteiger partial charge in [-0.1, -0.05) is 27.2 Å². The summed E-state index contributed by atoms with van der Waals surface area (Å²) in [4.78, 5) is 4.31.